The molecule has 150 valence electrons. The molecule has 0 spiro atoms. The van der Waals surface area contributed by atoms with Crippen LogP contribution in [0.25, 0.3) is 11.3 Å². The summed E-state index contributed by atoms with van der Waals surface area (Å²) in [6, 6.07) is 7.80. The van der Waals surface area contributed by atoms with E-state index >= 15 is 0 Å². The lowest BCUT2D eigenvalue weighted by Crippen LogP contribution is -2.23. The number of carbonyl (C=O) groups excluding carboxylic acids is 1. The van der Waals surface area contributed by atoms with Crippen LogP contribution in [0.15, 0.2) is 42.7 Å². The molecule has 0 unspecified atom stereocenters. The van der Waals surface area contributed by atoms with Crippen LogP contribution in [0, 0.1) is 17.0 Å². The van der Waals surface area contributed by atoms with E-state index < -0.39 is 16.5 Å². The smallest absolute Gasteiger partial charge is 0.338 e. The summed E-state index contributed by atoms with van der Waals surface area (Å²) in [5, 5.41) is 15.2. The zero-order valence-corrected chi connectivity index (χ0v) is 17.2. The predicted octanol–water partition coefficient (Wildman–Crippen LogP) is 5.12. The SMILES string of the molecule is Cc1cnc(Nc2c(-c3cc(C(=O)OC(C)(C)C)ccn3)cccc2[N+](=O)[O-])s1. The maximum Gasteiger partial charge on any atom is 0.338 e. The van der Waals surface area contributed by atoms with Gasteiger partial charge in [0.25, 0.3) is 5.69 Å². The number of thiazole rings is 1. The number of nitrogens with zero attached hydrogens (tertiary/aromatic N) is 3. The van der Waals surface area contributed by atoms with Crippen LogP contribution in [0.2, 0.25) is 0 Å². The minimum absolute atomic E-state index is 0.111. The molecule has 3 aromatic rings. The molecule has 29 heavy (non-hydrogen) atoms. The van der Waals surface area contributed by atoms with Crippen LogP contribution in [0.1, 0.15) is 36.0 Å². The summed E-state index contributed by atoms with van der Waals surface area (Å²) in [4.78, 5) is 33.0. The fourth-order valence-electron chi connectivity index (χ4n) is 2.60. The number of nitrogens with one attached hydrogen (secondary N) is 1. The van der Waals surface area contributed by atoms with Crippen molar-refractivity contribution in [3.05, 3.63) is 63.3 Å². The molecule has 0 fully saturated rings. The number of aromatic nitrogens is 2. The maximum atomic E-state index is 12.4. The highest BCUT2D eigenvalue weighted by molar-refractivity contribution is 7.15. The maximum absolute atomic E-state index is 12.4. The molecule has 0 amide bonds. The van der Waals surface area contributed by atoms with E-state index in [1.54, 1.807) is 51.2 Å². The molecule has 0 aliphatic carbocycles. The van der Waals surface area contributed by atoms with Gasteiger partial charge in [0, 0.05) is 28.9 Å². The number of nitro groups is 1. The lowest BCUT2D eigenvalue weighted by Gasteiger charge is -2.19. The zero-order chi connectivity index (χ0) is 21.2. The number of aryl methyl sites for hydroxylation is 1. The fraction of sp³-hybridized carbons (Fsp3) is 0.250. The topological polar surface area (TPSA) is 107 Å². The normalized spacial score (nSPS) is 11.2. The Balaban J connectivity index is 2.06. The number of nitro benzene ring substituents is 1. The molecule has 1 N–H and O–H groups in total. The molecule has 0 radical (unpaired) electrons. The van der Waals surface area contributed by atoms with Crippen LogP contribution in [0.4, 0.5) is 16.5 Å². The first kappa shape index (κ1) is 20.4. The van der Waals surface area contributed by atoms with Crippen molar-refractivity contribution >= 4 is 33.8 Å². The van der Waals surface area contributed by atoms with E-state index in [0.717, 1.165) is 4.88 Å². The van der Waals surface area contributed by atoms with Crippen molar-refractivity contribution in [2.75, 3.05) is 5.32 Å². The summed E-state index contributed by atoms with van der Waals surface area (Å²) in [5.74, 6) is -0.489. The lowest BCUT2D eigenvalue weighted by atomic mass is 10.1. The first-order valence-electron chi connectivity index (χ1n) is 8.81. The molecule has 0 bridgehead atoms. The van der Waals surface area contributed by atoms with Gasteiger partial charge in [-0.15, -0.1) is 11.3 Å². The van der Waals surface area contributed by atoms with Gasteiger partial charge in [-0.1, -0.05) is 12.1 Å². The van der Waals surface area contributed by atoms with E-state index in [1.807, 2.05) is 6.92 Å². The van der Waals surface area contributed by atoms with Gasteiger partial charge in [0.1, 0.15) is 11.3 Å². The number of hydrogen-bond donors (Lipinski definition) is 1. The average molecular weight is 412 g/mol. The third-order valence-corrected chi connectivity index (χ3v) is 4.59. The van der Waals surface area contributed by atoms with Gasteiger partial charge in [-0.3, -0.25) is 15.1 Å². The largest absolute Gasteiger partial charge is 0.456 e. The molecular weight excluding hydrogens is 392 g/mol. The van der Waals surface area contributed by atoms with Crippen LogP contribution in [-0.2, 0) is 4.74 Å². The average Bonchev–Trinajstić information content (AvgIpc) is 3.05. The van der Waals surface area contributed by atoms with Crippen molar-refractivity contribution in [2.45, 2.75) is 33.3 Å². The number of para-hydroxylation sites is 1. The van der Waals surface area contributed by atoms with Gasteiger partial charge >= 0.3 is 5.97 Å². The fourth-order valence-corrected chi connectivity index (χ4v) is 3.27. The van der Waals surface area contributed by atoms with Crippen molar-refractivity contribution in [1.29, 1.82) is 0 Å². The summed E-state index contributed by atoms with van der Waals surface area (Å²) in [7, 11) is 0. The van der Waals surface area contributed by atoms with Gasteiger partial charge in [-0.2, -0.15) is 0 Å². The number of anilines is 2. The second kappa shape index (κ2) is 7.96. The van der Waals surface area contributed by atoms with Crippen molar-refractivity contribution in [2.24, 2.45) is 0 Å². The molecule has 2 aromatic heterocycles. The van der Waals surface area contributed by atoms with Gasteiger partial charge in [-0.05, 0) is 39.8 Å². The summed E-state index contributed by atoms with van der Waals surface area (Å²) in [6.07, 6.45) is 3.16. The molecule has 0 saturated heterocycles. The van der Waals surface area contributed by atoms with Crippen LogP contribution in [0.3, 0.4) is 0 Å². The minimum atomic E-state index is -0.637. The number of esters is 1. The molecule has 0 aliphatic rings. The predicted molar refractivity (Wildman–Crippen MR) is 112 cm³/mol. The Morgan fingerprint density at radius 1 is 1.24 bits per heavy atom. The second-order valence-corrected chi connectivity index (χ2v) is 8.52. The Labute approximate surface area is 171 Å². The number of ether oxygens (including phenoxy) is 1. The number of carbonyl (C=O) groups is 1. The Hall–Kier alpha value is -3.33. The van der Waals surface area contributed by atoms with Crippen molar-refractivity contribution < 1.29 is 14.5 Å². The van der Waals surface area contributed by atoms with Gasteiger partial charge in [0.2, 0.25) is 0 Å². The molecular formula is C20H20N4O4S. The first-order chi connectivity index (χ1) is 13.6. The van der Waals surface area contributed by atoms with Gasteiger partial charge in [0.05, 0.1) is 16.2 Å². The van der Waals surface area contributed by atoms with Gasteiger partial charge < -0.3 is 10.1 Å². The Kier molecular flexibility index (Phi) is 5.60. The molecule has 8 nitrogen and oxygen atoms in total. The second-order valence-electron chi connectivity index (χ2n) is 7.29. The van der Waals surface area contributed by atoms with E-state index in [4.69, 9.17) is 4.74 Å². The van der Waals surface area contributed by atoms with Crippen LogP contribution >= 0.6 is 11.3 Å². The highest BCUT2D eigenvalue weighted by Crippen LogP contribution is 2.38. The summed E-state index contributed by atoms with van der Waals surface area (Å²) < 4.78 is 5.41. The molecule has 0 aliphatic heterocycles. The number of rotatable bonds is 5. The molecule has 0 atom stereocenters. The summed E-state index contributed by atoms with van der Waals surface area (Å²) in [6.45, 7) is 7.25. The Bertz CT molecular complexity index is 1070. The van der Waals surface area contributed by atoms with Crippen LogP contribution in [-0.4, -0.2) is 26.5 Å². The number of benzene rings is 1. The van der Waals surface area contributed by atoms with Gasteiger partial charge in [0.15, 0.2) is 5.13 Å². The standard InChI is InChI=1S/C20H20N4O4S/c1-12-11-22-19(29-12)23-17-14(6-5-7-16(17)24(26)27)15-10-13(8-9-21-15)18(25)28-20(2,3)4/h5-11H,1-4H3,(H,22,23). The molecule has 1 aromatic carbocycles. The van der Waals surface area contributed by atoms with Gasteiger partial charge in [-0.25, -0.2) is 9.78 Å². The first-order valence-corrected chi connectivity index (χ1v) is 9.62. The highest BCUT2D eigenvalue weighted by atomic mass is 32.1. The Morgan fingerprint density at radius 3 is 2.62 bits per heavy atom. The molecule has 2 heterocycles. The van der Waals surface area contributed by atoms with Crippen LogP contribution in [0.5, 0.6) is 0 Å². The molecule has 9 heteroatoms. The van der Waals surface area contributed by atoms with Crippen LogP contribution < -0.4 is 5.32 Å². The van der Waals surface area contributed by atoms with Crippen molar-refractivity contribution in [1.82, 2.24) is 9.97 Å². The highest BCUT2D eigenvalue weighted by Gasteiger charge is 2.22. The Morgan fingerprint density at radius 2 is 2.00 bits per heavy atom. The third kappa shape index (κ3) is 4.94. The summed E-state index contributed by atoms with van der Waals surface area (Å²) >= 11 is 1.38. The van der Waals surface area contributed by atoms with E-state index in [-0.39, 0.29) is 11.4 Å². The quantitative estimate of drug-likeness (QED) is 0.352. The monoisotopic (exact) mass is 412 g/mol. The molecule has 0 saturated carbocycles. The third-order valence-electron chi connectivity index (χ3n) is 3.76. The van der Waals surface area contributed by atoms with E-state index in [2.05, 4.69) is 15.3 Å². The van der Waals surface area contributed by atoms with Crippen molar-refractivity contribution in [3.8, 4) is 11.3 Å². The number of pyridine rings is 1. The summed E-state index contributed by atoms with van der Waals surface area (Å²) in [5.41, 5.74) is 0.722. The zero-order valence-electron chi connectivity index (χ0n) is 16.4. The van der Waals surface area contributed by atoms with Crippen molar-refractivity contribution in [3.63, 3.8) is 0 Å². The minimum Gasteiger partial charge on any atom is -0.456 e. The molecule has 3 rings (SSSR count). The lowest BCUT2D eigenvalue weighted by molar-refractivity contribution is -0.383. The van der Waals surface area contributed by atoms with E-state index in [1.165, 1.54) is 23.6 Å². The van der Waals surface area contributed by atoms with E-state index in [9.17, 15) is 14.9 Å². The van der Waals surface area contributed by atoms with E-state index in [0.29, 0.717) is 22.0 Å². The number of hydrogen-bond acceptors (Lipinski definition) is 8.